The smallest absolute Gasteiger partial charge is 0.240 e. The Morgan fingerprint density at radius 1 is 1.43 bits per heavy atom. The maximum atomic E-state index is 11.5. The number of likely N-dealkylation sites (N-methyl/N-ethyl adjacent to an activating group) is 1. The average Bonchev–Trinajstić information content (AvgIpc) is 1.98. The molecular weight excluding hydrogens is 206 g/mol. The Labute approximate surface area is 84.6 Å². The fourth-order valence-corrected chi connectivity index (χ4v) is 1.53. The van der Waals surface area contributed by atoms with E-state index in [0.29, 0.717) is 0 Å². The maximum Gasteiger partial charge on any atom is 0.240 e. The lowest BCUT2D eigenvalue weighted by Gasteiger charge is -2.21. The topological polar surface area (TPSA) is 74.7 Å². The predicted octanol–water partition coefficient (Wildman–Crippen LogP) is -0.741. The normalized spacial score (nSPS) is 16.1. The zero-order chi connectivity index (χ0) is 11.5. The highest BCUT2D eigenvalue weighted by Crippen LogP contribution is 2.03. The van der Waals surface area contributed by atoms with Crippen molar-refractivity contribution in [2.24, 2.45) is 0 Å². The van der Waals surface area contributed by atoms with Crippen molar-refractivity contribution in [2.45, 2.75) is 25.2 Å². The van der Waals surface area contributed by atoms with Gasteiger partial charge in [-0.2, -0.15) is 0 Å². The number of rotatable bonds is 4. The second-order valence-electron chi connectivity index (χ2n) is 3.54. The molecule has 0 aromatic rings. The van der Waals surface area contributed by atoms with Crippen LogP contribution in [0.2, 0.25) is 0 Å². The summed E-state index contributed by atoms with van der Waals surface area (Å²) in [5, 5.41) is 7.96. The van der Waals surface area contributed by atoms with Crippen molar-refractivity contribution in [3.8, 4) is 0 Å². The van der Waals surface area contributed by atoms with Gasteiger partial charge >= 0.3 is 0 Å². The summed E-state index contributed by atoms with van der Waals surface area (Å²) in [6.07, 6.45) is 0.363. The van der Waals surface area contributed by atoms with E-state index in [4.69, 9.17) is 5.11 Å². The Morgan fingerprint density at radius 3 is 2.14 bits per heavy atom. The number of amides is 1. The van der Waals surface area contributed by atoms with Gasteiger partial charge in [0.2, 0.25) is 5.91 Å². The first-order valence-corrected chi connectivity index (χ1v) is 6.23. The molecule has 0 aliphatic rings. The lowest BCUT2D eigenvalue weighted by atomic mass is 10.3. The van der Waals surface area contributed by atoms with E-state index in [0.717, 1.165) is 6.26 Å². The summed E-state index contributed by atoms with van der Waals surface area (Å²) < 4.78 is 22.1. The van der Waals surface area contributed by atoms with Crippen molar-refractivity contribution >= 4 is 15.7 Å². The first-order chi connectivity index (χ1) is 6.16. The van der Waals surface area contributed by atoms with Crippen LogP contribution in [0.5, 0.6) is 0 Å². The van der Waals surface area contributed by atoms with Crippen LogP contribution in [-0.4, -0.2) is 55.5 Å². The number of hydrogen-bond acceptors (Lipinski definition) is 4. The van der Waals surface area contributed by atoms with Crippen molar-refractivity contribution in [3.05, 3.63) is 0 Å². The van der Waals surface area contributed by atoms with Gasteiger partial charge in [0.15, 0.2) is 9.84 Å². The minimum atomic E-state index is -3.36. The van der Waals surface area contributed by atoms with Gasteiger partial charge in [-0.1, -0.05) is 0 Å². The average molecular weight is 223 g/mol. The van der Waals surface area contributed by atoms with Crippen LogP contribution in [0, 0.1) is 0 Å². The standard InChI is InChI=1S/C8H17NO4S/c1-6(10)5-9(3)8(11)7(2)14(4,12)13/h6-7,10H,5H2,1-4H3. The molecule has 0 fully saturated rings. The number of nitrogens with zero attached hydrogens (tertiary/aromatic N) is 1. The van der Waals surface area contributed by atoms with Crippen LogP contribution < -0.4 is 0 Å². The Balaban J connectivity index is 4.48. The number of carbonyl (C=O) groups is 1. The molecule has 0 aliphatic carbocycles. The van der Waals surface area contributed by atoms with E-state index in [1.54, 1.807) is 0 Å². The van der Waals surface area contributed by atoms with Gasteiger partial charge in [0.25, 0.3) is 0 Å². The lowest BCUT2D eigenvalue weighted by Crippen LogP contribution is -2.41. The summed E-state index contributed by atoms with van der Waals surface area (Å²) in [5.41, 5.74) is 0. The molecule has 5 nitrogen and oxygen atoms in total. The molecular formula is C8H17NO4S. The van der Waals surface area contributed by atoms with Crippen molar-refractivity contribution in [3.63, 3.8) is 0 Å². The van der Waals surface area contributed by atoms with Crippen LogP contribution in [-0.2, 0) is 14.6 Å². The van der Waals surface area contributed by atoms with Crippen LogP contribution in [0.25, 0.3) is 0 Å². The molecule has 14 heavy (non-hydrogen) atoms. The van der Waals surface area contributed by atoms with Gasteiger partial charge in [-0.05, 0) is 13.8 Å². The Bertz CT molecular complexity index is 296. The summed E-state index contributed by atoms with van der Waals surface area (Å²) in [5.74, 6) is -0.492. The third kappa shape index (κ3) is 4.06. The summed E-state index contributed by atoms with van der Waals surface area (Å²) in [7, 11) is -1.89. The van der Waals surface area contributed by atoms with E-state index in [1.807, 2.05) is 0 Å². The summed E-state index contributed by atoms with van der Waals surface area (Å²) in [6.45, 7) is 3.02. The molecule has 84 valence electrons. The molecule has 1 N–H and O–H groups in total. The third-order valence-electron chi connectivity index (χ3n) is 1.90. The van der Waals surface area contributed by atoms with Crippen LogP contribution in [0.1, 0.15) is 13.8 Å². The lowest BCUT2D eigenvalue weighted by molar-refractivity contribution is -0.130. The third-order valence-corrected chi connectivity index (χ3v) is 3.39. The van der Waals surface area contributed by atoms with E-state index in [1.165, 1.54) is 25.8 Å². The molecule has 0 spiro atoms. The number of carbonyl (C=O) groups excluding carboxylic acids is 1. The first kappa shape index (κ1) is 13.4. The van der Waals surface area contributed by atoms with Gasteiger partial charge in [0, 0.05) is 19.8 Å². The molecule has 0 aliphatic heterocycles. The van der Waals surface area contributed by atoms with Crippen molar-refractivity contribution in [1.29, 1.82) is 0 Å². The molecule has 0 aromatic carbocycles. The monoisotopic (exact) mass is 223 g/mol. The van der Waals surface area contributed by atoms with E-state index in [2.05, 4.69) is 0 Å². The van der Waals surface area contributed by atoms with Gasteiger partial charge in [-0.15, -0.1) is 0 Å². The van der Waals surface area contributed by atoms with Crippen molar-refractivity contribution < 1.29 is 18.3 Å². The van der Waals surface area contributed by atoms with Crippen molar-refractivity contribution in [1.82, 2.24) is 4.90 Å². The second-order valence-corrected chi connectivity index (χ2v) is 5.91. The van der Waals surface area contributed by atoms with Gasteiger partial charge in [0.05, 0.1) is 6.10 Å². The van der Waals surface area contributed by atoms with Gasteiger partial charge < -0.3 is 10.0 Å². The van der Waals surface area contributed by atoms with E-state index < -0.39 is 27.1 Å². The summed E-state index contributed by atoms with van der Waals surface area (Å²) in [4.78, 5) is 12.7. The number of sulfone groups is 1. The molecule has 0 saturated carbocycles. The van der Waals surface area contributed by atoms with Crippen LogP contribution >= 0.6 is 0 Å². The predicted molar refractivity (Wildman–Crippen MR) is 53.6 cm³/mol. The molecule has 1 amide bonds. The van der Waals surface area contributed by atoms with Crippen LogP contribution in [0.3, 0.4) is 0 Å². The SMILES string of the molecule is CC(O)CN(C)C(=O)C(C)S(C)(=O)=O. The van der Waals surface area contributed by atoms with E-state index in [-0.39, 0.29) is 6.54 Å². The van der Waals surface area contributed by atoms with Gasteiger partial charge in [-0.3, -0.25) is 4.79 Å². The highest BCUT2D eigenvalue weighted by atomic mass is 32.2. The number of hydrogen-bond donors (Lipinski definition) is 1. The van der Waals surface area contributed by atoms with Crippen LogP contribution in [0.4, 0.5) is 0 Å². The fraction of sp³-hybridized carbons (Fsp3) is 0.875. The molecule has 0 heterocycles. The highest BCUT2D eigenvalue weighted by molar-refractivity contribution is 7.92. The minimum absolute atomic E-state index is 0.138. The zero-order valence-corrected chi connectivity index (χ0v) is 9.71. The van der Waals surface area contributed by atoms with Gasteiger partial charge in [-0.25, -0.2) is 8.42 Å². The Hall–Kier alpha value is -0.620. The Morgan fingerprint density at radius 2 is 1.86 bits per heavy atom. The quantitative estimate of drug-likeness (QED) is 0.681. The first-order valence-electron chi connectivity index (χ1n) is 4.28. The molecule has 0 radical (unpaired) electrons. The minimum Gasteiger partial charge on any atom is -0.392 e. The summed E-state index contributed by atoms with van der Waals surface area (Å²) >= 11 is 0. The second kappa shape index (κ2) is 4.75. The number of aliphatic hydroxyl groups is 1. The molecule has 2 atom stereocenters. The molecule has 0 aromatic heterocycles. The Kier molecular flexibility index (Phi) is 4.54. The maximum absolute atomic E-state index is 11.5. The van der Waals surface area contributed by atoms with Crippen molar-refractivity contribution in [2.75, 3.05) is 19.8 Å². The molecule has 0 rings (SSSR count). The molecule has 2 unspecified atom stereocenters. The highest BCUT2D eigenvalue weighted by Gasteiger charge is 2.26. The summed E-state index contributed by atoms with van der Waals surface area (Å²) in [6, 6.07) is 0. The largest absolute Gasteiger partial charge is 0.392 e. The number of aliphatic hydroxyl groups excluding tert-OH is 1. The molecule has 6 heteroatoms. The zero-order valence-electron chi connectivity index (χ0n) is 8.89. The fourth-order valence-electron chi connectivity index (χ4n) is 0.980. The molecule has 0 saturated heterocycles. The van der Waals surface area contributed by atoms with Gasteiger partial charge in [0.1, 0.15) is 5.25 Å². The van der Waals surface area contributed by atoms with E-state index >= 15 is 0 Å². The van der Waals surface area contributed by atoms with E-state index in [9.17, 15) is 13.2 Å². The molecule has 0 bridgehead atoms. The van der Waals surface area contributed by atoms with Crippen LogP contribution in [0.15, 0.2) is 0 Å².